The summed E-state index contributed by atoms with van der Waals surface area (Å²) in [7, 11) is 0. The molecule has 0 rings (SSSR count). The lowest BCUT2D eigenvalue weighted by Crippen LogP contribution is -2.70. The Morgan fingerprint density at radius 2 is 0.583 bits per heavy atom. The van der Waals surface area contributed by atoms with Crippen LogP contribution in [0.25, 0.3) is 0 Å². The molecule has 0 aromatic carbocycles. The summed E-state index contributed by atoms with van der Waals surface area (Å²) in [6.45, 7) is 0. The van der Waals surface area contributed by atoms with Crippen molar-refractivity contribution in [3.8, 4) is 0 Å². The first-order valence-corrected chi connectivity index (χ1v) is 12.7. The molecule has 0 saturated heterocycles. The molecule has 0 aliphatic rings. The normalized spacial score (nSPS) is 17.5. The highest BCUT2D eigenvalue weighted by Crippen LogP contribution is 2.62. The quantitative estimate of drug-likeness (QED) is 0.114. The van der Waals surface area contributed by atoms with E-state index in [9.17, 15) is 119 Å². The van der Waals surface area contributed by atoms with Crippen LogP contribution in [0, 0.1) is 0 Å². The first-order chi connectivity index (χ1) is 20.5. The molecule has 2 atom stereocenters. The molecule has 290 valence electrons. The van der Waals surface area contributed by atoms with Crippen molar-refractivity contribution < 1.29 is 119 Å². The van der Waals surface area contributed by atoms with Crippen LogP contribution in [-0.2, 0) is 0 Å². The van der Waals surface area contributed by atoms with Crippen LogP contribution in [0.2, 0.25) is 0 Å². The van der Waals surface area contributed by atoms with Crippen molar-refractivity contribution in [3.63, 3.8) is 0 Å². The molecule has 0 fully saturated rings. The fourth-order valence-electron chi connectivity index (χ4n) is 3.34. The van der Waals surface area contributed by atoms with Gasteiger partial charge >= 0.3 is 71.6 Å². The SMILES string of the molecule is OC(CCCC(F)(F)C(F)(F)C(F)(F)C(F)(F)C(F)(F)C(F)(F)F)C(Br)CCCC(F)(F)C(F)(F)C(F)(F)C(F)(F)C(F)(F)C(F)(F)F. The van der Waals surface area contributed by atoms with Crippen molar-refractivity contribution in [2.45, 2.75) is 121 Å². The first kappa shape index (κ1) is 46.6. The summed E-state index contributed by atoms with van der Waals surface area (Å²) in [5, 5.41) is 9.68. The van der Waals surface area contributed by atoms with Crippen molar-refractivity contribution in [1.29, 1.82) is 0 Å². The maximum Gasteiger partial charge on any atom is 0.460 e. The molecule has 0 aromatic heterocycles. The van der Waals surface area contributed by atoms with E-state index in [4.69, 9.17) is 0 Å². The predicted molar refractivity (Wildman–Crippen MR) is 108 cm³/mol. The minimum absolute atomic E-state index is 1.31. The van der Waals surface area contributed by atoms with Crippen molar-refractivity contribution in [2.24, 2.45) is 0 Å². The second-order valence-electron chi connectivity index (χ2n) is 9.87. The van der Waals surface area contributed by atoms with Gasteiger partial charge in [0.2, 0.25) is 0 Å². The van der Waals surface area contributed by atoms with Crippen LogP contribution in [0.4, 0.5) is 114 Å². The van der Waals surface area contributed by atoms with E-state index < -0.39 is 121 Å². The third-order valence-corrected chi connectivity index (χ3v) is 7.44. The van der Waals surface area contributed by atoms with E-state index in [0.29, 0.717) is 0 Å². The molecule has 0 radical (unpaired) electrons. The van der Waals surface area contributed by atoms with Crippen LogP contribution in [0.3, 0.4) is 0 Å². The molecule has 0 saturated carbocycles. The van der Waals surface area contributed by atoms with E-state index in [2.05, 4.69) is 15.9 Å². The molecule has 0 aromatic rings. The van der Waals surface area contributed by atoms with Gasteiger partial charge < -0.3 is 5.11 Å². The zero-order valence-corrected chi connectivity index (χ0v) is 23.6. The van der Waals surface area contributed by atoms with Gasteiger partial charge in [0, 0.05) is 17.7 Å². The second-order valence-corrected chi connectivity index (χ2v) is 11.0. The van der Waals surface area contributed by atoms with Crippen LogP contribution in [0.1, 0.15) is 38.5 Å². The Hall–Kier alpha value is -1.38. The van der Waals surface area contributed by atoms with Crippen LogP contribution in [0.5, 0.6) is 0 Å². The fourth-order valence-corrected chi connectivity index (χ4v) is 3.93. The third kappa shape index (κ3) is 7.47. The van der Waals surface area contributed by atoms with Gasteiger partial charge in [-0.3, -0.25) is 0 Å². The van der Waals surface area contributed by atoms with Gasteiger partial charge in [-0.25, -0.2) is 0 Å². The summed E-state index contributed by atoms with van der Waals surface area (Å²) in [4.78, 5) is -1.97. The molecule has 0 spiro atoms. The Morgan fingerprint density at radius 3 is 0.833 bits per heavy atom. The third-order valence-electron chi connectivity index (χ3n) is 6.38. The predicted octanol–water partition coefficient (Wildman–Crippen LogP) is 10.9. The van der Waals surface area contributed by atoms with Crippen LogP contribution >= 0.6 is 15.9 Å². The number of aliphatic hydroxyl groups excluding tert-OH is 1. The largest absolute Gasteiger partial charge is 0.460 e. The first-order valence-electron chi connectivity index (χ1n) is 11.7. The molecule has 0 aliphatic carbocycles. The van der Waals surface area contributed by atoms with E-state index in [-0.39, 0.29) is 0 Å². The summed E-state index contributed by atoms with van der Waals surface area (Å²) in [5.41, 5.74) is 0. The standard InChI is InChI=1S/C20H15BrF26O/c21-7(3-1-5-9(22,23)11(26,27)13(30,31)15(34,35)17(38,39)19(42,43)44)8(48)4-2-6-10(24,25)12(28,29)14(32,33)16(36,37)18(40,41)20(45,46)47/h7-8,48H,1-6H2. The van der Waals surface area contributed by atoms with Gasteiger partial charge in [-0.15, -0.1) is 0 Å². The summed E-state index contributed by atoms with van der Waals surface area (Å²) < 4.78 is 340. The van der Waals surface area contributed by atoms with Gasteiger partial charge in [-0.05, 0) is 25.7 Å². The van der Waals surface area contributed by atoms with Crippen LogP contribution in [0.15, 0.2) is 0 Å². The van der Waals surface area contributed by atoms with E-state index in [1.807, 2.05) is 0 Å². The molecule has 0 heterocycles. The summed E-state index contributed by atoms with van der Waals surface area (Å²) in [5.74, 6) is -77.1. The number of alkyl halides is 27. The summed E-state index contributed by atoms with van der Waals surface area (Å²) in [6.07, 6.45) is -29.6. The minimum atomic E-state index is -8.20. The van der Waals surface area contributed by atoms with Gasteiger partial charge in [0.1, 0.15) is 0 Å². The number of halogens is 27. The lowest BCUT2D eigenvalue weighted by atomic mass is 9.90. The average Bonchev–Trinajstić information content (AvgIpc) is 2.85. The van der Waals surface area contributed by atoms with Gasteiger partial charge in [-0.2, -0.15) is 114 Å². The van der Waals surface area contributed by atoms with E-state index in [1.54, 1.807) is 0 Å². The summed E-state index contributed by atoms with van der Waals surface area (Å²) in [6, 6.07) is 0. The monoisotopic (exact) mass is 844 g/mol. The zero-order chi connectivity index (χ0) is 39.4. The van der Waals surface area contributed by atoms with Crippen molar-refractivity contribution >= 4 is 15.9 Å². The van der Waals surface area contributed by atoms with Gasteiger partial charge in [0.15, 0.2) is 0 Å². The maximum atomic E-state index is 13.8. The lowest BCUT2D eigenvalue weighted by molar-refractivity contribution is -0.440. The Morgan fingerprint density at radius 1 is 0.354 bits per heavy atom. The van der Waals surface area contributed by atoms with E-state index in [0.717, 1.165) is 0 Å². The Bertz CT molecular complexity index is 990. The molecule has 0 bridgehead atoms. The molecule has 48 heavy (non-hydrogen) atoms. The molecule has 28 heteroatoms. The van der Waals surface area contributed by atoms with E-state index in [1.165, 1.54) is 0 Å². The van der Waals surface area contributed by atoms with Crippen molar-refractivity contribution in [1.82, 2.24) is 0 Å². The lowest BCUT2D eigenvalue weighted by Gasteiger charge is -2.40. The maximum absolute atomic E-state index is 13.8. The highest BCUT2D eigenvalue weighted by Gasteiger charge is 2.92. The Balaban J connectivity index is 5.62. The molecule has 0 amide bonds. The summed E-state index contributed by atoms with van der Waals surface area (Å²) >= 11 is 2.28. The van der Waals surface area contributed by atoms with Gasteiger partial charge in [0.05, 0.1) is 6.10 Å². The number of hydrogen-bond acceptors (Lipinski definition) is 1. The van der Waals surface area contributed by atoms with Crippen molar-refractivity contribution in [3.05, 3.63) is 0 Å². The zero-order valence-electron chi connectivity index (χ0n) is 22.0. The topological polar surface area (TPSA) is 20.2 Å². The van der Waals surface area contributed by atoms with Crippen LogP contribution < -0.4 is 0 Å². The molecule has 0 aliphatic heterocycles. The number of hydrogen-bond donors (Lipinski definition) is 1. The van der Waals surface area contributed by atoms with Crippen LogP contribution in [-0.4, -0.2) is 87.6 Å². The molecule has 1 nitrogen and oxygen atoms in total. The molecular formula is C20H15BrF26O. The Labute approximate surface area is 257 Å². The van der Waals surface area contributed by atoms with Gasteiger partial charge in [-0.1, -0.05) is 15.9 Å². The van der Waals surface area contributed by atoms with Crippen molar-refractivity contribution in [2.75, 3.05) is 0 Å². The fraction of sp³-hybridized carbons (Fsp3) is 1.00. The highest BCUT2D eigenvalue weighted by molar-refractivity contribution is 9.09. The Kier molecular flexibility index (Phi) is 12.9. The molecular weight excluding hydrogens is 830 g/mol. The van der Waals surface area contributed by atoms with E-state index >= 15 is 0 Å². The minimum Gasteiger partial charge on any atom is -0.392 e. The molecule has 2 unspecified atom stereocenters. The second kappa shape index (κ2) is 13.3. The smallest absolute Gasteiger partial charge is 0.392 e. The number of rotatable bonds is 17. The highest BCUT2D eigenvalue weighted by atomic mass is 79.9. The van der Waals surface area contributed by atoms with Gasteiger partial charge in [0.25, 0.3) is 0 Å². The number of aliphatic hydroxyl groups is 1. The molecule has 1 N–H and O–H groups in total. The average molecular weight is 845 g/mol.